The van der Waals surface area contributed by atoms with E-state index in [9.17, 15) is 0 Å². The summed E-state index contributed by atoms with van der Waals surface area (Å²) in [6.45, 7) is 11.1. The maximum absolute atomic E-state index is 8.79. The van der Waals surface area contributed by atoms with Gasteiger partial charge >= 0.3 is 0 Å². The van der Waals surface area contributed by atoms with Crippen molar-refractivity contribution in [2.45, 2.75) is 130 Å². The van der Waals surface area contributed by atoms with E-state index in [0.29, 0.717) is 22.3 Å². The minimum atomic E-state index is 0.641. The van der Waals surface area contributed by atoms with Crippen LogP contribution >= 0.6 is 0 Å². The van der Waals surface area contributed by atoms with E-state index >= 15 is 0 Å². The Morgan fingerprint density at radius 3 is 0.890 bits per heavy atom. The third kappa shape index (κ3) is 31.5. The van der Waals surface area contributed by atoms with Gasteiger partial charge in [0.15, 0.2) is 0 Å². The Labute approximate surface area is 594 Å². The number of benzene rings is 8. The summed E-state index contributed by atoms with van der Waals surface area (Å²) < 4.78 is 17.1. The fourth-order valence-electron chi connectivity index (χ4n) is 9.66. The molecule has 0 aliphatic carbocycles. The average Bonchev–Trinajstić information content (AvgIpc) is 0.985. The molecule has 0 spiro atoms. The van der Waals surface area contributed by atoms with Gasteiger partial charge in [0.1, 0.15) is 17.2 Å². The van der Waals surface area contributed by atoms with E-state index < -0.39 is 0 Å². The average molecular weight is 1320 g/mol. The molecule has 10 aromatic rings. The van der Waals surface area contributed by atoms with Gasteiger partial charge in [0, 0.05) is 43.4 Å². The van der Waals surface area contributed by atoms with E-state index in [4.69, 9.17) is 35.3 Å². The van der Waals surface area contributed by atoms with Gasteiger partial charge in [-0.25, -0.2) is 0 Å². The molecule has 12 nitrogen and oxygen atoms in total. The van der Waals surface area contributed by atoms with Gasteiger partial charge in [-0.2, -0.15) is 21.0 Å². The van der Waals surface area contributed by atoms with Crippen molar-refractivity contribution in [1.29, 1.82) is 21.0 Å². The molecule has 0 saturated carbocycles. The predicted octanol–water partition coefficient (Wildman–Crippen LogP) is 22.9. The molecule has 0 aliphatic rings. The van der Waals surface area contributed by atoms with Crippen LogP contribution in [0.1, 0.15) is 169 Å². The highest BCUT2D eigenvalue weighted by Gasteiger charge is 2.03. The second-order valence-electron chi connectivity index (χ2n) is 23.5. The second kappa shape index (κ2) is 48.2. The molecule has 508 valence electrons. The van der Waals surface area contributed by atoms with Gasteiger partial charge in [-0.3, -0.25) is 24.9 Å². The van der Waals surface area contributed by atoms with E-state index in [-0.39, 0.29) is 0 Å². The highest BCUT2D eigenvalue weighted by atomic mass is 16.5. The smallest absolute Gasteiger partial charge is 0.119 e. The zero-order chi connectivity index (χ0) is 70.7. The van der Waals surface area contributed by atoms with Crippen LogP contribution in [-0.4, -0.2) is 48.4 Å². The van der Waals surface area contributed by atoms with Crippen LogP contribution in [-0.2, 0) is 6.42 Å². The summed E-state index contributed by atoms with van der Waals surface area (Å²) in [6.07, 6.45) is 32.3. The number of rotatable bonds is 30. The lowest BCUT2D eigenvalue weighted by molar-refractivity contribution is 0.304. The van der Waals surface area contributed by atoms with Crippen LogP contribution < -0.4 is 14.2 Å². The molecule has 2 heterocycles. The second-order valence-corrected chi connectivity index (χ2v) is 23.5. The largest absolute Gasteiger partial charge is 0.494 e. The van der Waals surface area contributed by atoms with Crippen LogP contribution in [0.15, 0.2) is 258 Å². The molecule has 100 heavy (non-hydrogen) atoms. The van der Waals surface area contributed by atoms with Crippen molar-refractivity contribution in [3.05, 3.63) is 288 Å². The molecule has 12 heteroatoms. The molecule has 0 amide bonds. The highest BCUT2D eigenvalue weighted by Crippen LogP contribution is 2.23. The van der Waals surface area contributed by atoms with Gasteiger partial charge in [-0.15, -0.1) is 0 Å². The Morgan fingerprint density at radius 1 is 0.290 bits per heavy atom. The third-order valence-corrected chi connectivity index (χ3v) is 15.6. The van der Waals surface area contributed by atoms with E-state index in [0.717, 1.165) is 96.5 Å². The number of nitrogens with zero attached hydrogens (tertiary/aromatic N) is 9. The van der Waals surface area contributed by atoms with Crippen molar-refractivity contribution in [2.24, 2.45) is 15.0 Å². The predicted molar refractivity (Wildman–Crippen MR) is 411 cm³/mol. The number of hydrogen-bond acceptors (Lipinski definition) is 12. The molecule has 0 unspecified atom stereocenters. The van der Waals surface area contributed by atoms with Crippen LogP contribution in [0.4, 0.5) is 17.1 Å². The lowest BCUT2D eigenvalue weighted by Gasteiger charge is -2.06. The molecule has 0 atom stereocenters. The number of hydrogen-bond donors (Lipinski definition) is 0. The topological polar surface area (TPSA) is 186 Å². The van der Waals surface area contributed by atoms with E-state index in [1.807, 2.05) is 170 Å². The zero-order valence-electron chi connectivity index (χ0n) is 58.5. The first kappa shape index (κ1) is 77.4. The number of ether oxygens (including phenoxy) is 3. The minimum Gasteiger partial charge on any atom is -0.494 e. The molecular formula is C88H93N9O3. The van der Waals surface area contributed by atoms with Crippen LogP contribution in [0.25, 0.3) is 22.3 Å². The lowest BCUT2D eigenvalue weighted by Crippen LogP contribution is -1.97. The van der Waals surface area contributed by atoms with Crippen LogP contribution in [0.3, 0.4) is 0 Å². The lowest BCUT2D eigenvalue weighted by atomic mass is 10.0. The first-order valence-corrected chi connectivity index (χ1v) is 35.0. The molecule has 0 bridgehead atoms. The van der Waals surface area contributed by atoms with Crippen molar-refractivity contribution in [1.82, 2.24) is 9.97 Å². The molecule has 2 aromatic heterocycles. The van der Waals surface area contributed by atoms with Gasteiger partial charge in [0.05, 0.1) is 83.4 Å². The number of nitriles is 4. The number of pyridine rings is 2. The Bertz CT molecular complexity index is 4060. The van der Waals surface area contributed by atoms with Gasteiger partial charge < -0.3 is 14.2 Å². The Morgan fingerprint density at radius 2 is 0.560 bits per heavy atom. The maximum Gasteiger partial charge on any atom is 0.119 e. The van der Waals surface area contributed by atoms with Gasteiger partial charge in [0.2, 0.25) is 0 Å². The van der Waals surface area contributed by atoms with Crippen LogP contribution in [0.2, 0.25) is 0 Å². The number of unbranched alkanes of at least 4 members (excludes halogenated alkanes) is 11. The molecule has 0 fully saturated rings. The van der Waals surface area contributed by atoms with Crippen molar-refractivity contribution >= 4 is 35.7 Å². The highest BCUT2D eigenvalue weighted by molar-refractivity contribution is 5.83. The fraction of sp³-hybridized carbons (Fsp3) is 0.261. The summed E-state index contributed by atoms with van der Waals surface area (Å²) >= 11 is 0. The standard InChI is InChI=1S/C22H26N2O.C20H22N2O.C18H18N2O.C18H19N.C10H8N2/c1-2-3-4-5-6-7-16-25-22-14-10-20(11-15-22)18-24-21-12-8-19(17-23)9-13-21;1-2-3-4-5-14-23-20-12-8-18(9-13-20)16-22-19-10-6-17(15-21)7-11-19;1-2-3-12-21-18-10-6-16(7-11-18)14-20-17-8-4-15(13-19)5-9-17;1-2-3-4-5-15-6-10-17(11-7-15)18-12-8-16(14-19)9-13-18;1-5-11-6-2-9(1)10-3-7-12-8-4-10/h8-15,18H,2-7,16H2,1H3;6-13,16H,2-5,14H2,1H3;4-11,14H,2-3,12H2,1H3;6-13H,2-5H2,1H3;1-8H. The Kier molecular flexibility index (Phi) is 37.3. The minimum absolute atomic E-state index is 0.641. The summed E-state index contributed by atoms with van der Waals surface area (Å²) in [5, 5.41) is 35.1. The van der Waals surface area contributed by atoms with E-state index in [1.165, 1.54) is 105 Å². The summed E-state index contributed by atoms with van der Waals surface area (Å²) in [6, 6.07) is 78.2. The van der Waals surface area contributed by atoms with Crippen LogP contribution in [0, 0.1) is 45.3 Å². The molecule has 10 rings (SSSR count). The SMILES string of the molecule is CCCCCCCCOc1ccc(C=Nc2ccc(C#N)cc2)cc1.CCCCCCOc1ccc(C=Nc2ccc(C#N)cc2)cc1.CCCCCc1ccc(-c2ccc(C#N)cc2)cc1.CCCCOc1ccc(C=Nc2ccc(C#N)cc2)cc1.c1cc(-c2ccncc2)ccn1. The molecule has 0 aliphatic heterocycles. The van der Waals surface area contributed by atoms with Crippen molar-refractivity contribution < 1.29 is 14.2 Å². The quantitative estimate of drug-likeness (QED) is 0.0312. The molecule has 0 saturated heterocycles. The summed E-state index contributed by atoms with van der Waals surface area (Å²) in [5.74, 6) is 2.69. The number of aromatic nitrogens is 2. The van der Waals surface area contributed by atoms with Crippen molar-refractivity contribution in [3.8, 4) is 63.8 Å². The summed E-state index contributed by atoms with van der Waals surface area (Å²) in [7, 11) is 0. The van der Waals surface area contributed by atoms with Crippen LogP contribution in [0.5, 0.6) is 17.2 Å². The van der Waals surface area contributed by atoms with Crippen molar-refractivity contribution in [2.75, 3.05) is 19.8 Å². The third-order valence-electron chi connectivity index (χ3n) is 15.6. The number of aryl methyl sites for hydroxylation is 1. The maximum atomic E-state index is 8.79. The molecular weight excluding hydrogens is 1230 g/mol. The Balaban J connectivity index is 0.000000200. The molecule has 0 N–H and O–H groups in total. The monoisotopic (exact) mass is 1320 g/mol. The van der Waals surface area contributed by atoms with Gasteiger partial charge in [0.25, 0.3) is 0 Å². The first-order valence-electron chi connectivity index (χ1n) is 35.0. The summed E-state index contributed by atoms with van der Waals surface area (Å²) in [4.78, 5) is 21.1. The fourth-order valence-corrected chi connectivity index (χ4v) is 9.66. The summed E-state index contributed by atoms with van der Waals surface area (Å²) in [5.41, 5.74) is 14.3. The zero-order valence-corrected chi connectivity index (χ0v) is 58.5. The molecule has 8 aromatic carbocycles. The Hall–Kier alpha value is -11.6. The first-order chi connectivity index (χ1) is 49.2. The van der Waals surface area contributed by atoms with E-state index in [2.05, 4.69) is 101 Å². The van der Waals surface area contributed by atoms with E-state index in [1.54, 1.807) is 67.4 Å². The number of aliphatic imine (C=N–C) groups is 3. The molecule has 0 radical (unpaired) electrons. The normalized spacial score (nSPS) is 10.4. The van der Waals surface area contributed by atoms with Crippen molar-refractivity contribution in [3.63, 3.8) is 0 Å². The van der Waals surface area contributed by atoms with Gasteiger partial charge in [-0.1, -0.05) is 135 Å². The van der Waals surface area contributed by atoms with Gasteiger partial charge in [-0.05, 0) is 259 Å².